The topological polar surface area (TPSA) is 71.3 Å². The van der Waals surface area contributed by atoms with Crippen LogP contribution in [0.2, 0.25) is 0 Å². The second-order valence-electron chi connectivity index (χ2n) is 5.55. The van der Waals surface area contributed by atoms with Crippen molar-refractivity contribution < 1.29 is 14.7 Å². The molecular weight excluding hydrogens is 268 g/mol. The minimum atomic E-state index is -0.751. The minimum Gasteiger partial charge on any atom is -0.481 e. The molecule has 118 valence electrons. The summed E-state index contributed by atoms with van der Waals surface area (Å²) in [6.45, 7) is 4.65. The van der Waals surface area contributed by atoms with E-state index in [4.69, 9.17) is 5.11 Å². The second kappa shape index (κ2) is 8.49. The number of carbonyl (C=O) groups is 2. The molecule has 0 aliphatic heterocycles. The zero-order valence-corrected chi connectivity index (χ0v) is 13.2. The van der Waals surface area contributed by atoms with Crippen molar-refractivity contribution in [1.82, 2.24) is 9.88 Å². The molecule has 2 N–H and O–H groups in total. The van der Waals surface area contributed by atoms with Crippen molar-refractivity contribution in [2.75, 3.05) is 6.54 Å². The Kier molecular flexibility index (Phi) is 6.99. The molecule has 0 aromatic carbocycles. The minimum absolute atomic E-state index is 0.0703. The van der Waals surface area contributed by atoms with Gasteiger partial charge in [-0.1, -0.05) is 19.8 Å². The molecule has 5 nitrogen and oxygen atoms in total. The first kappa shape index (κ1) is 17.3. The quantitative estimate of drug-likeness (QED) is 0.735. The van der Waals surface area contributed by atoms with Crippen LogP contribution < -0.4 is 5.32 Å². The smallest absolute Gasteiger partial charge is 0.303 e. The maximum Gasteiger partial charge on any atom is 0.303 e. The third-order valence-corrected chi connectivity index (χ3v) is 3.91. The van der Waals surface area contributed by atoms with Crippen molar-refractivity contribution in [2.45, 2.75) is 46.0 Å². The summed E-state index contributed by atoms with van der Waals surface area (Å²) < 4.78 is 1.86. The number of nitrogens with one attached hydrogen (secondary N) is 1. The summed E-state index contributed by atoms with van der Waals surface area (Å²) >= 11 is 0. The fourth-order valence-corrected chi connectivity index (χ4v) is 2.49. The maximum absolute atomic E-state index is 12.1. The Hall–Kier alpha value is -1.78. The average Bonchev–Trinajstić information content (AvgIpc) is 2.76. The lowest BCUT2D eigenvalue weighted by molar-refractivity contribution is -0.137. The van der Waals surface area contributed by atoms with Crippen LogP contribution in [0.15, 0.2) is 12.1 Å². The Morgan fingerprint density at radius 1 is 1.29 bits per heavy atom. The Labute approximate surface area is 126 Å². The summed E-state index contributed by atoms with van der Waals surface area (Å²) in [5.41, 5.74) is 1.70. The van der Waals surface area contributed by atoms with Crippen molar-refractivity contribution in [3.8, 4) is 0 Å². The molecule has 1 heterocycles. The number of aryl methyl sites for hydroxylation is 1. The number of carboxylic acid groups (broad SMARTS) is 1. The molecule has 1 rings (SSSR count). The number of hydrogen-bond acceptors (Lipinski definition) is 2. The molecule has 1 aromatic rings. The molecule has 1 unspecified atom stereocenters. The van der Waals surface area contributed by atoms with Gasteiger partial charge in [0.25, 0.3) is 5.91 Å². The number of nitrogens with zero attached hydrogens (tertiary/aromatic N) is 1. The van der Waals surface area contributed by atoms with E-state index < -0.39 is 5.97 Å². The van der Waals surface area contributed by atoms with Crippen LogP contribution in [0, 0.1) is 12.8 Å². The SMILES string of the molecule is CCCC(CCNC(=O)c1ccc(C)n1C)CCC(=O)O. The van der Waals surface area contributed by atoms with Crippen LogP contribution >= 0.6 is 0 Å². The van der Waals surface area contributed by atoms with E-state index in [1.54, 1.807) is 0 Å². The van der Waals surface area contributed by atoms with E-state index in [0.717, 1.165) is 25.0 Å². The highest BCUT2D eigenvalue weighted by Crippen LogP contribution is 2.17. The van der Waals surface area contributed by atoms with Gasteiger partial charge >= 0.3 is 5.97 Å². The van der Waals surface area contributed by atoms with Gasteiger partial charge in [-0.25, -0.2) is 0 Å². The Balaban J connectivity index is 2.40. The van der Waals surface area contributed by atoms with E-state index in [0.29, 0.717) is 24.6 Å². The van der Waals surface area contributed by atoms with Gasteiger partial charge in [-0.15, -0.1) is 0 Å². The molecule has 0 radical (unpaired) electrons. The van der Waals surface area contributed by atoms with Crippen LogP contribution in [0.1, 0.15) is 55.2 Å². The van der Waals surface area contributed by atoms with E-state index in [1.165, 1.54) is 0 Å². The Bertz CT molecular complexity index is 480. The number of carboxylic acids is 1. The molecular formula is C16H26N2O3. The normalized spacial score (nSPS) is 12.1. The van der Waals surface area contributed by atoms with Gasteiger partial charge in [0.1, 0.15) is 5.69 Å². The molecule has 0 bridgehead atoms. The highest BCUT2D eigenvalue weighted by atomic mass is 16.4. The lowest BCUT2D eigenvalue weighted by Crippen LogP contribution is -2.27. The third-order valence-electron chi connectivity index (χ3n) is 3.91. The number of aliphatic carboxylic acids is 1. The lowest BCUT2D eigenvalue weighted by atomic mass is 9.94. The van der Waals surface area contributed by atoms with Gasteiger partial charge in [0.05, 0.1) is 0 Å². The molecule has 0 fully saturated rings. The molecule has 1 aromatic heterocycles. The van der Waals surface area contributed by atoms with Crippen molar-refractivity contribution in [3.63, 3.8) is 0 Å². The fourth-order valence-electron chi connectivity index (χ4n) is 2.49. The average molecular weight is 294 g/mol. The van der Waals surface area contributed by atoms with Crippen molar-refractivity contribution in [3.05, 3.63) is 23.5 Å². The number of carbonyl (C=O) groups excluding carboxylic acids is 1. The van der Waals surface area contributed by atoms with Gasteiger partial charge in [0.15, 0.2) is 0 Å². The zero-order valence-electron chi connectivity index (χ0n) is 13.2. The molecule has 5 heteroatoms. The van der Waals surface area contributed by atoms with Gasteiger partial charge in [-0.05, 0) is 37.8 Å². The first-order valence-corrected chi connectivity index (χ1v) is 7.58. The molecule has 21 heavy (non-hydrogen) atoms. The van der Waals surface area contributed by atoms with Crippen LogP contribution in [0.5, 0.6) is 0 Å². The summed E-state index contributed by atoms with van der Waals surface area (Å²) in [5, 5.41) is 11.7. The van der Waals surface area contributed by atoms with E-state index in [9.17, 15) is 9.59 Å². The molecule has 0 aliphatic rings. The van der Waals surface area contributed by atoms with Gasteiger partial charge in [0, 0.05) is 25.7 Å². The van der Waals surface area contributed by atoms with Crippen LogP contribution in [0.25, 0.3) is 0 Å². The molecule has 1 atom stereocenters. The van der Waals surface area contributed by atoms with Crippen molar-refractivity contribution in [1.29, 1.82) is 0 Å². The predicted octanol–water partition coefficient (Wildman–Crippen LogP) is 2.73. The first-order chi connectivity index (χ1) is 9.95. The summed E-state index contributed by atoms with van der Waals surface area (Å²) in [5.74, 6) is -0.458. The van der Waals surface area contributed by atoms with Crippen LogP contribution in [0.4, 0.5) is 0 Å². The van der Waals surface area contributed by atoms with Gasteiger partial charge in [-0.2, -0.15) is 0 Å². The molecule has 0 aliphatic carbocycles. The van der Waals surface area contributed by atoms with Crippen molar-refractivity contribution >= 4 is 11.9 Å². The largest absolute Gasteiger partial charge is 0.481 e. The first-order valence-electron chi connectivity index (χ1n) is 7.58. The van der Waals surface area contributed by atoms with Gasteiger partial charge in [-0.3, -0.25) is 9.59 Å². The summed E-state index contributed by atoms with van der Waals surface area (Å²) in [6, 6.07) is 3.74. The highest BCUT2D eigenvalue weighted by molar-refractivity contribution is 5.92. The Morgan fingerprint density at radius 3 is 2.52 bits per heavy atom. The summed E-state index contributed by atoms with van der Waals surface area (Å²) in [7, 11) is 1.87. The summed E-state index contributed by atoms with van der Waals surface area (Å²) in [6.07, 6.45) is 3.76. The zero-order chi connectivity index (χ0) is 15.8. The number of rotatable bonds is 9. The number of hydrogen-bond donors (Lipinski definition) is 2. The molecule has 0 spiro atoms. The highest BCUT2D eigenvalue weighted by Gasteiger charge is 2.13. The molecule has 1 amide bonds. The number of aromatic nitrogens is 1. The third kappa shape index (κ3) is 5.61. The van der Waals surface area contributed by atoms with E-state index in [-0.39, 0.29) is 12.3 Å². The molecule has 0 saturated heterocycles. The summed E-state index contributed by atoms with van der Waals surface area (Å²) in [4.78, 5) is 22.7. The standard InChI is InChI=1S/C16H26N2O3/c1-4-5-13(7-9-15(19)20)10-11-17-16(21)14-8-6-12(2)18(14)3/h6,8,13H,4-5,7,9-11H2,1-3H3,(H,17,21)(H,19,20). The second-order valence-corrected chi connectivity index (χ2v) is 5.55. The fraction of sp³-hybridized carbons (Fsp3) is 0.625. The van der Waals surface area contributed by atoms with E-state index in [2.05, 4.69) is 12.2 Å². The lowest BCUT2D eigenvalue weighted by Gasteiger charge is -2.15. The van der Waals surface area contributed by atoms with Crippen LogP contribution in [-0.4, -0.2) is 28.1 Å². The monoisotopic (exact) mass is 294 g/mol. The Morgan fingerprint density at radius 2 is 2.00 bits per heavy atom. The predicted molar refractivity (Wildman–Crippen MR) is 82.4 cm³/mol. The van der Waals surface area contributed by atoms with Gasteiger partial charge in [0.2, 0.25) is 0 Å². The van der Waals surface area contributed by atoms with Crippen LogP contribution in [0.3, 0.4) is 0 Å². The van der Waals surface area contributed by atoms with Gasteiger partial charge < -0.3 is 15.0 Å². The molecule has 0 saturated carbocycles. The van der Waals surface area contributed by atoms with Crippen LogP contribution in [-0.2, 0) is 11.8 Å². The van der Waals surface area contributed by atoms with Crippen molar-refractivity contribution in [2.24, 2.45) is 13.0 Å². The van der Waals surface area contributed by atoms with E-state index in [1.807, 2.05) is 30.7 Å². The number of amides is 1. The van der Waals surface area contributed by atoms with E-state index >= 15 is 0 Å². The maximum atomic E-state index is 12.1.